The van der Waals surface area contributed by atoms with E-state index < -0.39 is 0 Å². The van der Waals surface area contributed by atoms with Crippen molar-refractivity contribution in [1.82, 2.24) is 19.6 Å². The Morgan fingerprint density at radius 3 is 2.20 bits per heavy atom. The van der Waals surface area contributed by atoms with Crippen LogP contribution in [0.5, 0.6) is 0 Å². The van der Waals surface area contributed by atoms with Crippen molar-refractivity contribution in [1.29, 1.82) is 0 Å². The number of rotatable bonds is 7. The topological polar surface area (TPSA) is 56.3 Å². The van der Waals surface area contributed by atoms with Crippen molar-refractivity contribution in [2.45, 2.75) is 25.4 Å². The van der Waals surface area contributed by atoms with Gasteiger partial charge in [0.25, 0.3) is 0 Å². The van der Waals surface area contributed by atoms with E-state index in [-0.39, 0.29) is 17.6 Å². The van der Waals surface area contributed by atoms with E-state index in [0.717, 1.165) is 31.5 Å². The Labute approximate surface area is 177 Å². The number of hydrogen-bond acceptors (Lipinski definition) is 5. The Hall–Kier alpha value is -2.03. The first kappa shape index (κ1) is 21.2. The van der Waals surface area contributed by atoms with E-state index in [2.05, 4.69) is 9.80 Å². The van der Waals surface area contributed by atoms with E-state index in [0.29, 0.717) is 65.1 Å². The first-order valence-electron chi connectivity index (χ1n) is 10.9. The summed E-state index contributed by atoms with van der Waals surface area (Å²) in [5.41, 5.74) is 1.03. The molecule has 0 bridgehead atoms. The Balaban J connectivity index is 1.23. The number of piperazine rings is 1. The molecule has 4 rings (SSSR count). The van der Waals surface area contributed by atoms with Crippen LogP contribution in [-0.2, 0) is 20.9 Å². The molecule has 3 aliphatic rings. The van der Waals surface area contributed by atoms with Crippen LogP contribution < -0.4 is 0 Å². The van der Waals surface area contributed by atoms with Gasteiger partial charge in [-0.3, -0.25) is 19.4 Å². The molecule has 1 saturated carbocycles. The fourth-order valence-corrected chi connectivity index (χ4v) is 4.11. The van der Waals surface area contributed by atoms with Crippen molar-refractivity contribution in [3.63, 3.8) is 0 Å². The average molecular weight is 419 g/mol. The van der Waals surface area contributed by atoms with Gasteiger partial charge in [0.1, 0.15) is 5.82 Å². The predicted molar refractivity (Wildman–Crippen MR) is 110 cm³/mol. The van der Waals surface area contributed by atoms with Gasteiger partial charge in [0.2, 0.25) is 11.8 Å². The van der Waals surface area contributed by atoms with Crippen molar-refractivity contribution in [2.75, 3.05) is 65.6 Å². The highest BCUT2D eigenvalue weighted by Gasteiger charge is 2.32. The normalized spacial score (nSPS) is 20.6. The molecule has 1 aromatic carbocycles. The second-order valence-electron chi connectivity index (χ2n) is 8.41. The number of ether oxygens (including phenoxy) is 1. The van der Waals surface area contributed by atoms with Crippen molar-refractivity contribution in [2.24, 2.45) is 0 Å². The van der Waals surface area contributed by atoms with E-state index in [1.807, 2.05) is 9.80 Å². The first-order chi connectivity index (χ1) is 14.6. The summed E-state index contributed by atoms with van der Waals surface area (Å²) in [4.78, 5) is 33.4. The molecule has 2 heterocycles. The van der Waals surface area contributed by atoms with Crippen molar-refractivity contribution in [3.05, 3.63) is 35.6 Å². The molecule has 2 aliphatic heterocycles. The van der Waals surface area contributed by atoms with E-state index >= 15 is 0 Å². The van der Waals surface area contributed by atoms with Gasteiger partial charge in [-0.15, -0.1) is 0 Å². The largest absolute Gasteiger partial charge is 0.378 e. The summed E-state index contributed by atoms with van der Waals surface area (Å²) in [5.74, 6) is 0.0539. The minimum atomic E-state index is -0.238. The second-order valence-corrected chi connectivity index (χ2v) is 8.41. The number of amides is 2. The molecule has 8 heteroatoms. The SMILES string of the molecule is O=C(CN1CCN(C(=O)CN(Cc2ccc(F)cc2)C2CC2)CC1)N1CCOCC1. The summed E-state index contributed by atoms with van der Waals surface area (Å²) < 4.78 is 18.5. The smallest absolute Gasteiger partial charge is 0.236 e. The summed E-state index contributed by atoms with van der Waals surface area (Å²) in [6.45, 7) is 6.82. The number of halogens is 1. The van der Waals surface area contributed by atoms with Gasteiger partial charge in [-0.25, -0.2) is 4.39 Å². The summed E-state index contributed by atoms with van der Waals surface area (Å²) in [5, 5.41) is 0. The Kier molecular flexibility index (Phi) is 6.97. The van der Waals surface area contributed by atoms with Crippen LogP contribution in [0.4, 0.5) is 4.39 Å². The molecule has 2 amide bonds. The third kappa shape index (κ3) is 5.77. The lowest BCUT2D eigenvalue weighted by atomic mass is 10.2. The molecule has 0 unspecified atom stereocenters. The molecule has 7 nitrogen and oxygen atoms in total. The molecule has 2 saturated heterocycles. The lowest BCUT2D eigenvalue weighted by Crippen LogP contribution is -2.54. The summed E-state index contributed by atoms with van der Waals surface area (Å²) in [7, 11) is 0. The van der Waals surface area contributed by atoms with Crippen LogP contribution in [-0.4, -0.2) is 103 Å². The van der Waals surface area contributed by atoms with E-state index in [9.17, 15) is 14.0 Å². The van der Waals surface area contributed by atoms with E-state index in [1.165, 1.54) is 12.1 Å². The van der Waals surface area contributed by atoms with Crippen molar-refractivity contribution < 1.29 is 18.7 Å². The van der Waals surface area contributed by atoms with E-state index in [1.54, 1.807) is 12.1 Å². The van der Waals surface area contributed by atoms with Crippen molar-refractivity contribution >= 4 is 11.8 Å². The van der Waals surface area contributed by atoms with Crippen LogP contribution in [0.2, 0.25) is 0 Å². The van der Waals surface area contributed by atoms with Crippen LogP contribution in [0.15, 0.2) is 24.3 Å². The molecule has 30 heavy (non-hydrogen) atoms. The lowest BCUT2D eigenvalue weighted by molar-refractivity contribution is -0.138. The number of benzene rings is 1. The number of carbonyl (C=O) groups excluding carboxylic acids is 2. The molecule has 0 atom stereocenters. The third-order valence-electron chi connectivity index (χ3n) is 6.15. The van der Waals surface area contributed by atoms with Crippen LogP contribution in [0.1, 0.15) is 18.4 Å². The van der Waals surface area contributed by atoms with Gasteiger partial charge < -0.3 is 14.5 Å². The van der Waals surface area contributed by atoms with Gasteiger partial charge in [-0.2, -0.15) is 0 Å². The van der Waals surface area contributed by atoms with Gasteiger partial charge in [-0.05, 0) is 30.5 Å². The highest BCUT2D eigenvalue weighted by molar-refractivity contribution is 5.79. The molecule has 0 aromatic heterocycles. The maximum atomic E-state index is 13.2. The van der Waals surface area contributed by atoms with Gasteiger partial charge in [-0.1, -0.05) is 12.1 Å². The number of carbonyl (C=O) groups is 2. The molecule has 0 N–H and O–H groups in total. The molecule has 0 spiro atoms. The van der Waals surface area contributed by atoms with Gasteiger partial charge in [0, 0.05) is 51.9 Å². The van der Waals surface area contributed by atoms with Crippen LogP contribution in [0.25, 0.3) is 0 Å². The van der Waals surface area contributed by atoms with Crippen LogP contribution in [0, 0.1) is 5.82 Å². The molecular weight excluding hydrogens is 387 g/mol. The maximum Gasteiger partial charge on any atom is 0.236 e. The fourth-order valence-electron chi connectivity index (χ4n) is 4.11. The summed E-state index contributed by atoms with van der Waals surface area (Å²) >= 11 is 0. The Morgan fingerprint density at radius 2 is 1.57 bits per heavy atom. The lowest BCUT2D eigenvalue weighted by Gasteiger charge is -2.37. The number of morpholine rings is 1. The molecule has 164 valence electrons. The van der Waals surface area contributed by atoms with Crippen molar-refractivity contribution in [3.8, 4) is 0 Å². The van der Waals surface area contributed by atoms with Crippen LogP contribution in [0.3, 0.4) is 0 Å². The molecule has 0 radical (unpaired) electrons. The molecule has 1 aliphatic carbocycles. The predicted octanol–water partition coefficient (Wildman–Crippen LogP) is 0.793. The van der Waals surface area contributed by atoms with Crippen LogP contribution >= 0.6 is 0 Å². The summed E-state index contributed by atoms with van der Waals surface area (Å²) in [6.07, 6.45) is 2.23. The molecular formula is C22H31FN4O3. The third-order valence-corrected chi connectivity index (χ3v) is 6.15. The highest BCUT2D eigenvalue weighted by atomic mass is 19.1. The zero-order valence-corrected chi connectivity index (χ0v) is 17.5. The maximum absolute atomic E-state index is 13.2. The minimum absolute atomic E-state index is 0.142. The molecule has 1 aromatic rings. The number of hydrogen-bond donors (Lipinski definition) is 0. The average Bonchev–Trinajstić information content (AvgIpc) is 3.61. The first-order valence-corrected chi connectivity index (χ1v) is 10.9. The minimum Gasteiger partial charge on any atom is -0.378 e. The Morgan fingerprint density at radius 1 is 0.933 bits per heavy atom. The molecule has 3 fully saturated rings. The van der Waals surface area contributed by atoms with Gasteiger partial charge in [0.05, 0.1) is 26.3 Å². The fraction of sp³-hybridized carbons (Fsp3) is 0.636. The second kappa shape index (κ2) is 9.85. The monoisotopic (exact) mass is 418 g/mol. The zero-order chi connectivity index (χ0) is 20.9. The standard InChI is InChI=1S/C22H31FN4O3/c23-19-3-1-18(2-4-19)15-27(20-5-6-20)17-22(29)25-9-7-24(8-10-25)16-21(28)26-11-13-30-14-12-26/h1-4,20H,5-17H2. The van der Waals surface area contributed by atoms with Gasteiger partial charge >= 0.3 is 0 Å². The zero-order valence-electron chi connectivity index (χ0n) is 17.5. The summed E-state index contributed by atoms with van der Waals surface area (Å²) in [6, 6.07) is 6.98. The number of nitrogens with zero attached hydrogens (tertiary/aromatic N) is 4. The highest BCUT2D eigenvalue weighted by Crippen LogP contribution is 2.28. The van der Waals surface area contributed by atoms with E-state index in [4.69, 9.17) is 4.74 Å². The van der Waals surface area contributed by atoms with Gasteiger partial charge in [0.15, 0.2) is 0 Å². The Bertz CT molecular complexity index is 726. The quantitative estimate of drug-likeness (QED) is 0.656.